The number of nitrogens with two attached hydrogens (primary N) is 1. The number of fused-ring (bicyclic) bond motifs is 1. The van der Waals surface area contributed by atoms with E-state index in [1.807, 2.05) is 24.3 Å². The lowest BCUT2D eigenvalue weighted by Gasteiger charge is -2.14. The van der Waals surface area contributed by atoms with Crippen LogP contribution in [0.15, 0.2) is 82.7 Å². The van der Waals surface area contributed by atoms with Crippen molar-refractivity contribution in [1.29, 1.82) is 0 Å². The molecule has 0 saturated carbocycles. The summed E-state index contributed by atoms with van der Waals surface area (Å²) in [5, 5.41) is 24.2. The van der Waals surface area contributed by atoms with Gasteiger partial charge in [-0.05, 0) is 23.8 Å². The molecule has 9 nitrogen and oxygen atoms in total. The van der Waals surface area contributed by atoms with Gasteiger partial charge in [-0.3, -0.25) is 9.67 Å². The van der Waals surface area contributed by atoms with Crippen molar-refractivity contribution in [2.75, 3.05) is 6.61 Å². The lowest BCUT2D eigenvalue weighted by Crippen LogP contribution is -2.22. The van der Waals surface area contributed by atoms with Gasteiger partial charge < -0.3 is 10.8 Å². The number of benzene rings is 1. The molecule has 0 saturated heterocycles. The maximum atomic E-state index is 9.04. The van der Waals surface area contributed by atoms with Crippen LogP contribution in [-0.2, 0) is 13.1 Å². The highest BCUT2D eigenvalue weighted by Crippen LogP contribution is 2.23. The molecule has 0 amide bonds. The Kier molecular flexibility index (Phi) is 5.12. The molecular weight excluding hydrogens is 368 g/mol. The lowest BCUT2D eigenvalue weighted by molar-refractivity contribution is 0.269. The summed E-state index contributed by atoms with van der Waals surface area (Å²) in [6.07, 6.45) is 6.57. The largest absolute Gasteiger partial charge is 0.403 e. The molecule has 9 heteroatoms. The van der Waals surface area contributed by atoms with E-state index in [4.69, 9.17) is 10.8 Å². The summed E-state index contributed by atoms with van der Waals surface area (Å²) in [5.41, 5.74) is 9.39. The summed E-state index contributed by atoms with van der Waals surface area (Å²) in [6.45, 7) is 4.91. The Bertz CT molecular complexity index is 1140. The number of amidine groups is 1. The molecular formula is C20H20N8O. The Morgan fingerprint density at radius 3 is 3.03 bits per heavy atom. The Labute approximate surface area is 167 Å². The van der Waals surface area contributed by atoms with Crippen molar-refractivity contribution in [3.63, 3.8) is 0 Å². The summed E-state index contributed by atoms with van der Waals surface area (Å²) in [4.78, 5) is 8.94. The first-order valence-electron chi connectivity index (χ1n) is 9.04. The monoisotopic (exact) mass is 388 g/mol. The van der Waals surface area contributed by atoms with Gasteiger partial charge >= 0.3 is 0 Å². The van der Waals surface area contributed by atoms with Crippen LogP contribution in [0.3, 0.4) is 0 Å². The van der Waals surface area contributed by atoms with E-state index >= 15 is 0 Å². The minimum Gasteiger partial charge on any atom is -0.403 e. The van der Waals surface area contributed by atoms with E-state index in [9.17, 15) is 0 Å². The molecule has 0 unspecified atom stereocenters. The second kappa shape index (κ2) is 8.03. The molecule has 3 aromatic rings. The van der Waals surface area contributed by atoms with Crippen molar-refractivity contribution in [3.8, 4) is 0 Å². The van der Waals surface area contributed by atoms with E-state index in [-0.39, 0.29) is 6.61 Å². The molecule has 0 fully saturated rings. The Hall–Kier alpha value is -3.85. The van der Waals surface area contributed by atoms with Crippen molar-refractivity contribution < 1.29 is 5.11 Å². The first-order valence-corrected chi connectivity index (χ1v) is 9.04. The zero-order chi connectivity index (χ0) is 20.2. The highest BCUT2D eigenvalue weighted by Gasteiger charge is 2.23. The third-order valence-electron chi connectivity index (χ3n) is 4.43. The van der Waals surface area contributed by atoms with Gasteiger partial charge in [0.2, 0.25) is 0 Å². The van der Waals surface area contributed by atoms with Crippen LogP contribution in [0.4, 0.5) is 0 Å². The first-order chi connectivity index (χ1) is 14.2. The normalized spacial score (nSPS) is 16.4. The predicted molar refractivity (Wildman–Crippen MR) is 110 cm³/mol. The van der Waals surface area contributed by atoms with Gasteiger partial charge in [-0.15, -0.1) is 5.11 Å². The second-order valence-corrected chi connectivity index (χ2v) is 6.43. The Morgan fingerprint density at radius 2 is 2.21 bits per heavy atom. The van der Waals surface area contributed by atoms with E-state index in [0.29, 0.717) is 30.3 Å². The zero-order valence-electron chi connectivity index (χ0n) is 15.7. The fourth-order valence-corrected chi connectivity index (χ4v) is 2.98. The van der Waals surface area contributed by atoms with E-state index in [0.717, 1.165) is 22.0 Å². The average molecular weight is 388 g/mol. The van der Waals surface area contributed by atoms with E-state index in [1.165, 1.54) is 6.20 Å². The van der Waals surface area contributed by atoms with Gasteiger partial charge in [-0.25, -0.2) is 10.0 Å². The summed E-state index contributed by atoms with van der Waals surface area (Å²) in [7, 11) is 0. The molecule has 0 aliphatic carbocycles. The molecule has 1 aromatic carbocycles. The highest BCUT2D eigenvalue weighted by molar-refractivity contribution is 6.01. The summed E-state index contributed by atoms with van der Waals surface area (Å²) in [6, 6.07) is 9.96. The maximum absolute atomic E-state index is 9.04. The number of aliphatic hydroxyl groups excluding tert-OH is 1. The van der Waals surface area contributed by atoms with E-state index < -0.39 is 0 Å². The molecule has 0 spiro atoms. The molecule has 0 atom stereocenters. The fourth-order valence-electron chi connectivity index (χ4n) is 2.98. The molecule has 29 heavy (non-hydrogen) atoms. The Morgan fingerprint density at radius 1 is 1.31 bits per heavy atom. The van der Waals surface area contributed by atoms with E-state index in [2.05, 4.69) is 38.1 Å². The quantitative estimate of drug-likeness (QED) is 0.673. The molecule has 2 aromatic heterocycles. The molecule has 0 bridgehead atoms. The maximum Gasteiger partial charge on any atom is 0.180 e. The summed E-state index contributed by atoms with van der Waals surface area (Å²) < 4.78 is 1.63. The lowest BCUT2D eigenvalue weighted by atomic mass is 10.1. The number of rotatable bonds is 6. The van der Waals surface area contributed by atoms with Gasteiger partial charge in [-0.1, -0.05) is 23.9 Å². The van der Waals surface area contributed by atoms with Crippen molar-refractivity contribution in [3.05, 3.63) is 78.5 Å². The number of hydrogen-bond donors (Lipinski definition) is 2. The highest BCUT2D eigenvalue weighted by atomic mass is 16.3. The van der Waals surface area contributed by atoms with Crippen LogP contribution in [0.2, 0.25) is 0 Å². The van der Waals surface area contributed by atoms with Crippen LogP contribution in [-0.4, -0.2) is 37.3 Å². The summed E-state index contributed by atoms with van der Waals surface area (Å²) in [5.74, 6) is 0.513. The first kappa shape index (κ1) is 18.5. The van der Waals surface area contributed by atoms with Gasteiger partial charge in [0.05, 0.1) is 37.1 Å². The van der Waals surface area contributed by atoms with Crippen LogP contribution in [0.25, 0.3) is 16.6 Å². The second-order valence-electron chi connectivity index (χ2n) is 6.43. The van der Waals surface area contributed by atoms with E-state index in [1.54, 1.807) is 28.3 Å². The van der Waals surface area contributed by atoms with Gasteiger partial charge in [-0.2, -0.15) is 5.10 Å². The molecule has 4 rings (SSSR count). The van der Waals surface area contributed by atoms with Crippen LogP contribution in [0.5, 0.6) is 0 Å². The number of aliphatic imine (C=N–C) groups is 1. The molecule has 0 radical (unpaired) electrons. The van der Waals surface area contributed by atoms with Crippen LogP contribution in [0.1, 0.15) is 11.1 Å². The third-order valence-corrected chi connectivity index (χ3v) is 4.43. The number of hydrogen-bond acceptors (Lipinski definition) is 7. The molecule has 1 aliphatic rings. The smallest absolute Gasteiger partial charge is 0.180 e. The predicted octanol–water partition coefficient (Wildman–Crippen LogP) is 2.48. The Balaban J connectivity index is 1.59. The van der Waals surface area contributed by atoms with Gasteiger partial charge in [0.1, 0.15) is 5.70 Å². The number of nitrogens with zero attached hydrogens (tertiary/aromatic N) is 7. The van der Waals surface area contributed by atoms with Gasteiger partial charge in [0.25, 0.3) is 0 Å². The number of aromatic nitrogens is 3. The molecule has 146 valence electrons. The third kappa shape index (κ3) is 3.90. The average Bonchev–Trinajstić information content (AvgIpc) is 3.35. The molecule has 1 aliphatic heterocycles. The topological polar surface area (TPSA) is 117 Å². The van der Waals surface area contributed by atoms with Crippen molar-refractivity contribution in [2.45, 2.75) is 13.1 Å². The van der Waals surface area contributed by atoms with Gasteiger partial charge in [0.15, 0.2) is 5.84 Å². The fraction of sp³-hybridized carbons (Fsp3) is 0.150. The zero-order valence-corrected chi connectivity index (χ0v) is 15.7. The number of aliphatic hydroxyl groups is 1. The minimum absolute atomic E-state index is 0.00892. The number of pyridine rings is 1. The van der Waals surface area contributed by atoms with Crippen molar-refractivity contribution in [2.24, 2.45) is 21.1 Å². The minimum atomic E-state index is 0.00892. The van der Waals surface area contributed by atoms with Crippen molar-refractivity contribution in [1.82, 2.24) is 19.8 Å². The van der Waals surface area contributed by atoms with Crippen molar-refractivity contribution >= 4 is 22.4 Å². The SMILES string of the molecule is C=C(/N=C1\C(=C/N)N=NN1Cc1ccc2ncccc2c1)c1cnn(CCO)c1. The van der Waals surface area contributed by atoms with Crippen LogP contribution >= 0.6 is 0 Å². The van der Waals surface area contributed by atoms with Gasteiger partial charge in [0, 0.05) is 29.5 Å². The molecule has 3 heterocycles. The van der Waals surface area contributed by atoms with Crippen LogP contribution < -0.4 is 5.73 Å². The van der Waals surface area contributed by atoms with Crippen LogP contribution in [0, 0.1) is 0 Å². The standard InChI is InChI=1S/C20H20N8O/c1-14(17-11-23-27(13-17)7-8-29)24-20-19(10-21)25-26-28(20)12-15-4-5-18-16(9-15)3-2-6-22-18/h2-6,9-11,13,29H,1,7-8,12,21H2/b19-10+,24-20+. The summed E-state index contributed by atoms with van der Waals surface area (Å²) >= 11 is 0. The molecule has 3 N–H and O–H groups in total.